The zero-order valence-electron chi connectivity index (χ0n) is 11.3. The molecule has 3 N–H and O–H groups in total. The Balaban J connectivity index is 2.04. The Bertz CT molecular complexity index is 462. The molecule has 1 amide bonds. The maximum Gasteiger partial charge on any atom is 0.230 e. The summed E-state index contributed by atoms with van der Waals surface area (Å²) < 4.78 is 10.6. The van der Waals surface area contributed by atoms with Crippen LogP contribution in [0.1, 0.15) is 19.8 Å². The summed E-state index contributed by atoms with van der Waals surface area (Å²) in [6.45, 7) is 2.68. The maximum absolute atomic E-state index is 12.2. The molecule has 19 heavy (non-hydrogen) atoms. The topological polar surface area (TPSA) is 73.6 Å². The highest BCUT2D eigenvalue weighted by molar-refractivity contribution is 5.93. The summed E-state index contributed by atoms with van der Waals surface area (Å²) in [6, 6.07) is 5.23. The Morgan fingerprint density at radius 2 is 2.37 bits per heavy atom. The fraction of sp³-hybridized carbons (Fsp3) is 0.500. The summed E-state index contributed by atoms with van der Waals surface area (Å²) in [6.07, 6.45) is 1.65. The molecule has 0 spiro atoms. The first kappa shape index (κ1) is 13.7. The van der Waals surface area contributed by atoms with Crippen molar-refractivity contribution in [1.82, 2.24) is 0 Å². The number of benzene rings is 1. The molecule has 0 aliphatic carbocycles. The lowest BCUT2D eigenvalue weighted by molar-refractivity contribution is -0.121. The molecule has 1 aromatic rings. The average molecular weight is 264 g/mol. The minimum Gasteiger partial charge on any atom is -0.495 e. The van der Waals surface area contributed by atoms with Gasteiger partial charge in [0.25, 0.3) is 0 Å². The number of nitrogens with one attached hydrogen (secondary N) is 1. The van der Waals surface area contributed by atoms with E-state index in [1.165, 1.54) is 0 Å². The summed E-state index contributed by atoms with van der Waals surface area (Å²) >= 11 is 0. The number of ether oxygens (including phenoxy) is 2. The van der Waals surface area contributed by atoms with Gasteiger partial charge in [-0.15, -0.1) is 0 Å². The van der Waals surface area contributed by atoms with Gasteiger partial charge in [-0.3, -0.25) is 4.79 Å². The van der Waals surface area contributed by atoms with Crippen LogP contribution in [-0.4, -0.2) is 25.7 Å². The number of anilines is 2. The van der Waals surface area contributed by atoms with Crippen LogP contribution in [0.5, 0.6) is 5.75 Å². The van der Waals surface area contributed by atoms with Crippen LogP contribution in [-0.2, 0) is 9.53 Å². The van der Waals surface area contributed by atoms with Crippen LogP contribution in [0.2, 0.25) is 0 Å². The van der Waals surface area contributed by atoms with Crippen molar-refractivity contribution >= 4 is 17.3 Å². The van der Waals surface area contributed by atoms with Crippen molar-refractivity contribution in [3.8, 4) is 5.75 Å². The largest absolute Gasteiger partial charge is 0.495 e. The molecule has 1 fully saturated rings. The zero-order valence-corrected chi connectivity index (χ0v) is 11.3. The maximum atomic E-state index is 12.2. The lowest BCUT2D eigenvalue weighted by Crippen LogP contribution is -2.29. The highest BCUT2D eigenvalue weighted by Gasteiger charge is 2.32. The second-order valence-electron chi connectivity index (χ2n) is 4.66. The molecule has 0 saturated carbocycles. The zero-order chi connectivity index (χ0) is 13.8. The molecule has 1 aliphatic heterocycles. The van der Waals surface area contributed by atoms with Crippen molar-refractivity contribution in [3.05, 3.63) is 18.2 Å². The molecule has 1 aromatic carbocycles. The lowest BCUT2D eigenvalue weighted by Gasteiger charge is -2.17. The van der Waals surface area contributed by atoms with Crippen LogP contribution in [0.25, 0.3) is 0 Å². The van der Waals surface area contributed by atoms with Gasteiger partial charge in [0.1, 0.15) is 5.75 Å². The molecule has 0 aromatic heterocycles. The molecule has 2 unspecified atom stereocenters. The third-order valence-corrected chi connectivity index (χ3v) is 3.45. The van der Waals surface area contributed by atoms with E-state index in [-0.39, 0.29) is 17.9 Å². The second-order valence-corrected chi connectivity index (χ2v) is 4.66. The highest BCUT2D eigenvalue weighted by Crippen LogP contribution is 2.27. The monoisotopic (exact) mass is 264 g/mol. The summed E-state index contributed by atoms with van der Waals surface area (Å²) in [5.74, 6) is 0.524. The number of carbonyl (C=O) groups excluding carboxylic acids is 1. The van der Waals surface area contributed by atoms with E-state index in [4.69, 9.17) is 15.2 Å². The van der Waals surface area contributed by atoms with Crippen molar-refractivity contribution in [2.24, 2.45) is 5.92 Å². The minimum absolute atomic E-state index is 0.00563. The number of rotatable bonds is 4. The van der Waals surface area contributed by atoms with Crippen LogP contribution in [0.15, 0.2) is 18.2 Å². The Kier molecular flexibility index (Phi) is 4.27. The Morgan fingerprint density at radius 1 is 1.58 bits per heavy atom. The molecule has 5 heteroatoms. The molecule has 2 atom stereocenters. The van der Waals surface area contributed by atoms with Gasteiger partial charge in [-0.2, -0.15) is 0 Å². The molecular formula is C14H20N2O3. The first-order valence-corrected chi connectivity index (χ1v) is 6.51. The number of hydrogen-bond acceptors (Lipinski definition) is 4. The number of carbonyl (C=O) groups is 1. The Labute approximate surface area is 113 Å². The highest BCUT2D eigenvalue weighted by atomic mass is 16.5. The normalized spacial score (nSPS) is 22.2. The van der Waals surface area contributed by atoms with Crippen molar-refractivity contribution in [3.63, 3.8) is 0 Å². The first-order chi connectivity index (χ1) is 9.15. The Hall–Kier alpha value is -1.75. The van der Waals surface area contributed by atoms with Gasteiger partial charge in [-0.05, 0) is 31.0 Å². The van der Waals surface area contributed by atoms with Crippen molar-refractivity contribution in [2.75, 3.05) is 24.8 Å². The average Bonchev–Trinajstić information content (AvgIpc) is 2.87. The molecule has 1 saturated heterocycles. The molecule has 5 nitrogen and oxygen atoms in total. The van der Waals surface area contributed by atoms with E-state index in [1.807, 2.05) is 6.92 Å². The van der Waals surface area contributed by atoms with E-state index in [0.717, 1.165) is 12.8 Å². The number of methoxy groups -OCH3 is 1. The van der Waals surface area contributed by atoms with E-state index >= 15 is 0 Å². The Morgan fingerprint density at radius 3 is 3.00 bits per heavy atom. The predicted molar refractivity (Wildman–Crippen MR) is 74.2 cm³/mol. The fourth-order valence-corrected chi connectivity index (χ4v) is 2.40. The minimum atomic E-state index is -0.0756. The molecular weight excluding hydrogens is 244 g/mol. The van der Waals surface area contributed by atoms with Gasteiger partial charge >= 0.3 is 0 Å². The van der Waals surface area contributed by atoms with Crippen molar-refractivity contribution in [2.45, 2.75) is 25.9 Å². The van der Waals surface area contributed by atoms with Gasteiger partial charge < -0.3 is 20.5 Å². The van der Waals surface area contributed by atoms with Gasteiger partial charge in [0.15, 0.2) is 0 Å². The summed E-state index contributed by atoms with van der Waals surface area (Å²) in [5, 5.41) is 2.89. The van der Waals surface area contributed by atoms with E-state index in [9.17, 15) is 4.79 Å². The second kappa shape index (κ2) is 5.93. The van der Waals surface area contributed by atoms with Crippen LogP contribution in [0.4, 0.5) is 11.4 Å². The third kappa shape index (κ3) is 2.98. The fourth-order valence-electron chi connectivity index (χ4n) is 2.40. The molecule has 1 heterocycles. The van der Waals surface area contributed by atoms with Gasteiger partial charge in [-0.1, -0.05) is 6.92 Å². The SMILES string of the molecule is CCC1OCCC1C(=O)Nc1ccc(OC)c(N)c1. The predicted octanol–water partition coefficient (Wildman–Crippen LogP) is 2.03. The lowest BCUT2D eigenvalue weighted by atomic mass is 9.98. The molecule has 0 bridgehead atoms. The molecule has 0 radical (unpaired) electrons. The van der Waals surface area contributed by atoms with Gasteiger partial charge in [0.05, 0.1) is 24.8 Å². The standard InChI is InChI=1S/C14H20N2O3/c1-3-12-10(6-7-19-12)14(17)16-9-4-5-13(18-2)11(15)8-9/h4-5,8,10,12H,3,6-7,15H2,1-2H3,(H,16,17). The van der Waals surface area contributed by atoms with Gasteiger partial charge in [0.2, 0.25) is 5.91 Å². The third-order valence-electron chi connectivity index (χ3n) is 3.45. The van der Waals surface area contributed by atoms with Crippen molar-refractivity contribution in [1.29, 1.82) is 0 Å². The van der Waals surface area contributed by atoms with Crippen molar-refractivity contribution < 1.29 is 14.3 Å². The van der Waals surface area contributed by atoms with Crippen LogP contribution in [0, 0.1) is 5.92 Å². The number of nitrogens with two attached hydrogens (primary N) is 1. The van der Waals surface area contributed by atoms with E-state index < -0.39 is 0 Å². The van der Waals surface area contributed by atoms with E-state index in [1.54, 1.807) is 25.3 Å². The summed E-state index contributed by atoms with van der Waals surface area (Å²) in [4.78, 5) is 12.2. The van der Waals surface area contributed by atoms with E-state index in [0.29, 0.717) is 23.7 Å². The van der Waals surface area contributed by atoms with Gasteiger partial charge in [-0.25, -0.2) is 0 Å². The van der Waals surface area contributed by atoms with E-state index in [2.05, 4.69) is 5.32 Å². The van der Waals surface area contributed by atoms with Crippen LogP contribution in [0.3, 0.4) is 0 Å². The first-order valence-electron chi connectivity index (χ1n) is 6.51. The summed E-state index contributed by atoms with van der Waals surface area (Å²) in [5.41, 5.74) is 7.01. The van der Waals surface area contributed by atoms with Gasteiger partial charge in [0, 0.05) is 12.3 Å². The van der Waals surface area contributed by atoms with Crippen LogP contribution >= 0.6 is 0 Å². The smallest absolute Gasteiger partial charge is 0.230 e. The van der Waals surface area contributed by atoms with Crippen LogP contribution < -0.4 is 15.8 Å². The molecule has 1 aliphatic rings. The number of nitrogen functional groups attached to an aromatic ring is 1. The molecule has 104 valence electrons. The summed E-state index contributed by atoms with van der Waals surface area (Å²) in [7, 11) is 1.56. The number of amides is 1. The quantitative estimate of drug-likeness (QED) is 0.816. The number of hydrogen-bond donors (Lipinski definition) is 2. The molecule has 2 rings (SSSR count).